The van der Waals surface area contributed by atoms with Crippen LogP contribution in [0.5, 0.6) is 11.5 Å². The van der Waals surface area contributed by atoms with Gasteiger partial charge in [0.05, 0.1) is 24.3 Å². The van der Waals surface area contributed by atoms with Crippen molar-refractivity contribution < 1.29 is 42.9 Å². The van der Waals surface area contributed by atoms with E-state index in [1.807, 2.05) is 50.2 Å². The largest absolute Gasteiger partial charge is 0.494 e. The molecule has 0 saturated heterocycles. The molecule has 3 atom stereocenters. The first-order chi connectivity index (χ1) is 22.1. The molecule has 0 saturated carbocycles. The molecule has 0 amide bonds. The third-order valence-corrected chi connectivity index (χ3v) is 7.32. The van der Waals surface area contributed by atoms with Gasteiger partial charge in [-0.15, -0.1) is 0 Å². The zero-order valence-corrected chi connectivity index (χ0v) is 27.3. The maximum Gasteiger partial charge on any atom is 0.348 e. The molecule has 0 aliphatic rings. The molecule has 3 rings (SSSR count). The minimum Gasteiger partial charge on any atom is -0.494 e. The van der Waals surface area contributed by atoms with Gasteiger partial charge in [-0.3, -0.25) is 0 Å². The van der Waals surface area contributed by atoms with Crippen molar-refractivity contribution in [2.75, 3.05) is 13.2 Å². The van der Waals surface area contributed by atoms with Crippen LogP contribution in [0.4, 0.5) is 0 Å². The summed E-state index contributed by atoms with van der Waals surface area (Å²) in [4.78, 5) is 49.7. The highest BCUT2D eigenvalue weighted by atomic mass is 16.6. The number of esters is 4. The molecule has 3 aromatic rings. The summed E-state index contributed by atoms with van der Waals surface area (Å²) in [5.74, 6) is -1.63. The van der Waals surface area contributed by atoms with Gasteiger partial charge in [0.2, 0.25) is 0 Å². The highest BCUT2D eigenvalue weighted by Gasteiger charge is 2.26. The van der Waals surface area contributed by atoms with E-state index in [0.29, 0.717) is 12.2 Å². The quantitative estimate of drug-likeness (QED) is 0.0642. The van der Waals surface area contributed by atoms with E-state index < -0.39 is 36.1 Å². The molecule has 0 spiro atoms. The van der Waals surface area contributed by atoms with Crippen LogP contribution in [0.15, 0.2) is 72.8 Å². The van der Waals surface area contributed by atoms with Crippen molar-refractivity contribution in [2.45, 2.75) is 78.9 Å². The summed E-state index contributed by atoms with van der Waals surface area (Å²) in [6.07, 6.45) is 3.07. The number of rotatable bonds is 17. The number of benzene rings is 3. The van der Waals surface area contributed by atoms with Gasteiger partial charge in [-0.25, -0.2) is 19.2 Å². The second-order valence-corrected chi connectivity index (χ2v) is 11.2. The molecule has 0 N–H and O–H groups in total. The van der Waals surface area contributed by atoms with Crippen molar-refractivity contribution in [3.63, 3.8) is 0 Å². The number of carbonyl (C=O) groups is 4. The van der Waals surface area contributed by atoms with Crippen molar-refractivity contribution in [1.82, 2.24) is 0 Å². The average molecular weight is 633 g/mol. The van der Waals surface area contributed by atoms with E-state index in [1.165, 1.54) is 57.4 Å². The van der Waals surface area contributed by atoms with Gasteiger partial charge >= 0.3 is 23.9 Å². The Bertz CT molecular complexity index is 1410. The van der Waals surface area contributed by atoms with Crippen LogP contribution in [0.3, 0.4) is 0 Å². The molecular formula is C37H44O9. The number of unbranched alkanes of at least 4 members (excludes halogenated alkanes) is 3. The van der Waals surface area contributed by atoms with Gasteiger partial charge in [0.1, 0.15) is 11.5 Å². The van der Waals surface area contributed by atoms with E-state index in [9.17, 15) is 19.2 Å². The second kappa shape index (κ2) is 18.3. The first kappa shape index (κ1) is 35.8. The average Bonchev–Trinajstić information content (AvgIpc) is 3.07. The van der Waals surface area contributed by atoms with Crippen LogP contribution in [0, 0.1) is 5.92 Å². The summed E-state index contributed by atoms with van der Waals surface area (Å²) in [5, 5.41) is 0. The predicted molar refractivity (Wildman–Crippen MR) is 174 cm³/mol. The smallest absolute Gasteiger partial charge is 0.348 e. The van der Waals surface area contributed by atoms with Crippen LogP contribution >= 0.6 is 0 Å². The molecule has 0 aromatic heterocycles. The van der Waals surface area contributed by atoms with E-state index >= 15 is 0 Å². The normalized spacial score (nSPS) is 12.7. The fourth-order valence-corrected chi connectivity index (χ4v) is 4.14. The van der Waals surface area contributed by atoms with Gasteiger partial charge in [0.25, 0.3) is 0 Å². The Balaban J connectivity index is 1.47. The van der Waals surface area contributed by atoms with Crippen LogP contribution in [0.2, 0.25) is 0 Å². The Morgan fingerprint density at radius 3 is 1.76 bits per heavy atom. The molecule has 0 heterocycles. The molecule has 9 heteroatoms. The molecule has 3 unspecified atom stereocenters. The first-order valence-corrected chi connectivity index (χ1v) is 15.8. The zero-order valence-electron chi connectivity index (χ0n) is 27.3. The molecule has 0 aliphatic carbocycles. The summed E-state index contributed by atoms with van der Waals surface area (Å²) < 4.78 is 26.7. The molecular weight excluding hydrogens is 588 g/mol. The number of hydrogen-bond donors (Lipinski definition) is 0. The molecule has 3 aromatic carbocycles. The summed E-state index contributed by atoms with van der Waals surface area (Å²) in [5.41, 5.74) is 2.45. The van der Waals surface area contributed by atoms with Crippen LogP contribution in [0.25, 0.3) is 11.1 Å². The van der Waals surface area contributed by atoms with Crippen molar-refractivity contribution in [3.05, 3.63) is 83.9 Å². The summed E-state index contributed by atoms with van der Waals surface area (Å²) in [6.45, 7) is 9.77. The zero-order chi connectivity index (χ0) is 33.5. The lowest BCUT2D eigenvalue weighted by atomic mass is 10.0. The Morgan fingerprint density at radius 2 is 1.15 bits per heavy atom. The Kier molecular flexibility index (Phi) is 14.3. The summed E-state index contributed by atoms with van der Waals surface area (Å²) >= 11 is 0. The molecule has 0 fully saturated rings. The Labute approximate surface area is 271 Å². The number of carbonyl (C=O) groups excluding carboxylic acids is 4. The minimum atomic E-state index is -1.26. The van der Waals surface area contributed by atoms with Crippen LogP contribution < -0.4 is 9.47 Å². The lowest BCUT2D eigenvalue weighted by Crippen LogP contribution is -2.33. The lowest BCUT2D eigenvalue weighted by molar-refractivity contribution is -0.172. The lowest BCUT2D eigenvalue weighted by Gasteiger charge is -2.17. The second-order valence-electron chi connectivity index (χ2n) is 11.2. The molecule has 0 bridgehead atoms. The van der Waals surface area contributed by atoms with Gasteiger partial charge < -0.3 is 23.7 Å². The molecule has 0 aliphatic heterocycles. The monoisotopic (exact) mass is 632 g/mol. The van der Waals surface area contributed by atoms with E-state index in [0.717, 1.165) is 29.7 Å². The summed E-state index contributed by atoms with van der Waals surface area (Å²) in [6, 6.07) is 20.7. The third-order valence-electron chi connectivity index (χ3n) is 7.32. The molecule has 0 radical (unpaired) electrons. The Hall–Kier alpha value is -4.66. The van der Waals surface area contributed by atoms with Crippen molar-refractivity contribution >= 4 is 23.9 Å². The molecule has 9 nitrogen and oxygen atoms in total. The number of ether oxygens (including phenoxy) is 5. The van der Waals surface area contributed by atoms with Crippen molar-refractivity contribution in [1.29, 1.82) is 0 Å². The van der Waals surface area contributed by atoms with Gasteiger partial charge in [-0.2, -0.15) is 0 Å². The fraction of sp³-hybridized carbons (Fsp3) is 0.405. The highest BCUT2D eigenvalue weighted by Crippen LogP contribution is 2.24. The van der Waals surface area contributed by atoms with E-state index in [4.69, 9.17) is 23.7 Å². The SMILES string of the molecule is CCCCCCOc1ccc(-c2ccc(C(=O)Oc3ccc(C(=O)OC(C)C(=O)OC(C)C(=O)OCC(C)CC)cc3)cc2)cc1. The summed E-state index contributed by atoms with van der Waals surface area (Å²) in [7, 11) is 0. The minimum absolute atomic E-state index is 0.137. The fourth-order valence-electron chi connectivity index (χ4n) is 4.14. The van der Waals surface area contributed by atoms with Crippen LogP contribution in [-0.2, 0) is 23.8 Å². The van der Waals surface area contributed by atoms with Gasteiger partial charge in [-0.1, -0.05) is 70.7 Å². The van der Waals surface area contributed by atoms with E-state index in [2.05, 4.69) is 6.92 Å². The third kappa shape index (κ3) is 11.4. The van der Waals surface area contributed by atoms with E-state index in [1.54, 1.807) is 12.1 Å². The standard InChI is InChI=1S/C37H44O9/c1-6-8-9-10-23-42-32-19-15-29(16-20-32)28-11-13-30(14-12-28)37(41)46-33-21-17-31(18-22-33)36(40)45-27(5)35(39)44-26(4)34(38)43-24-25(3)7-2/h11-22,25-27H,6-10,23-24H2,1-5H3. The number of hydrogen-bond acceptors (Lipinski definition) is 9. The Morgan fingerprint density at radius 1 is 0.609 bits per heavy atom. The topological polar surface area (TPSA) is 114 Å². The van der Waals surface area contributed by atoms with Gasteiger partial charge in [-0.05, 0) is 85.8 Å². The highest BCUT2D eigenvalue weighted by molar-refractivity contribution is 5.93. The van der Waals surface area contributed by atoms with Crippen LogP contribution in [-0.4, -0.2) is 49.3 Å². The molecule has 46 heavy (non-hydrogen) atoms. The first-order valence-electron chi connectivity index (χ1n) is 15.8. The molecule has 246 valence electrons. The van der Waals surface area contributed by atoms with Gasteiger partial charge in [0.15, 0.2) is 12.2 Å². The van der Waals surface area contributed by atoms with Crippen molar-refractivity contribution in [3.8, 4) is 22.6 Å². The maximum absolute atomic E-state index is 12.7. The van der Waals surface area contributed by atoms with E-state index in [-0.39, 0.29) is 23.8 Å². The predicted octanol–water partition coefficient (Wildman–Crippen LogP) is 7.60. The maximum atomic E-state index is 12.7. The van der Waals surface area contributed by atoms with Crippen molar-refractivity contribution in [2.24, 2.45) is 5.92 Å². The van der Waals surface area contributed by atoms with Gasteiger partial charge in [0, 0.05) is 0 Å². The van der Waals surface area contributed by atoms with Crippen LogP contribution in [0.1, 0.15) is 87.4 Å².